The van der Waals surface area contributed by atoms with Crippen molar-refractivity contribution >= 4 is 11.9 Å². The van der Waals surface area contributed by atoms with E-state index in [1.165, 1.54) is 0 Å². The Labute approximate surface area is 119 Å². The lowest BCUT2D eigenvalue weighted by atomic mass is 10.2. The Hall–Kier alpha value is -2.55. The molecule has 0 aliphatic rings. The molecule has 0 spiro atoms. The maximum atomic E-state index is 5.86. The first-order valence-corrected chi connectivity index (χ1v) is 6.44. The molecule has 2 N–H and O–H groups in total. The maximum absolute atomic E-state index is 5.86. The first-order chi connectivity index (χ1) is 9.78. The summed E-state index contributed by atoms with van der Waals surface area (Å²) in [6.45, 7) is 0.597. The van der Waals surface area contributed by atoms with Crippen molar-refractivity contribution in [1.82, 2.24) is 0 Å². The third-order valence-electron chi connectivity index (χ3n) is 2.85. The number of amidine groups is 1. The third-order valence-corrected chi connectivity index (χ3v) is 2.85. The number of ether oxygens (including phenoxy) is 1. The SMILES string of the molecule is COc1ccc(C=CC(N)=NCc2ccccc2)cc1. The highest BCUT2D eigenvalue weighted by atomic mass is 16.5. The minimum absolute atomic E-state index is 0.518. The fraction of sp³-hybridized carbons (Fsp3) is 0.118. The zero-order valence-corrected chi connectivity index (χ0v) is 11.5. The first kappa shape index (κ1) is 13.9. The van der Waals surface area contributed by atoms with E-state index in [0.29, 0.717) is 12.4 Å². The molecule has 0 aliphatic heterocycles. The van der Waals surface area contributed by atoms with Crippen LogP contribution in [0.2, 0.25) is 0 Å². The van der Waals surface area contributed by atoms with Crippen molar-refractivity contribution in [2.24, 2.45) is 10.7 Å². The second-order valence-corrected chi connectivity index (χ2v) is 4.33. The van der Waals surface area contributed by atoms with Gasteiger partial charge >= 0.3 is 0 Å². The Morgan fingerprint density at radius 3 is 2.45 bits per heavy atom. The Bertz CT molecular complexity index is 586. The van der Waals surface area contributed by atoms with Crippen LogP contribution in [0, 0.1) is 0 Å². The third kappa shape index (κ3) is 4.28. The Kier molecular flexibility index (Phi) is 4.95. The molecule has 3 heteroatoms. The lowest BCUT2D eigenvalue weighted by Crippen LogP contribution is -2.07. The number of hydrogen-bond donors (Lipinski definition) is 1. The van der Waals surface area contributed by atoms with Gasteiger partial charge in [0.05, 0.1) is 13.7 Å². The average Bonchev–Trinajstić information content (AvgIpc) is 2.52. The van der Waals surface area contributed by atoms with Gasteiger partial charge in [0.15, 0.2) is 0 Å². The zero-order chi connectivity index (χ0) is 14.2. The maximum Gasteiger partial charge on any atom is 0.118 e. The summed E-state index contributed by atoms with van der Waals surface area (Å²) in [6, 6.07) is 17.8. The molecule has 0 atom stereocenters. The fourth-order valence-corrected chi connectivity index (χ4v) is 1.72. The lowest BCUT2D eigenvalue weighted by Gasteiger charge is -1.99. The molecule has 0 saturated carbocycles. The molecule has 102 valence electrons. The zero-order valence-electron chi connectivity index (χ0n) is 11.5. The number of nitrogens with zero attached hydrogens (tertiary/aromatic N) is 1. The summed E-state index contributed by atoms with van der Waals surface area (Å²) in [5, 5.41) is 0. The van der Waals surface area contributed by atoms with Crippen LogP contribution in [0.25, 0.3) is 6.08 Å². The van der Waals surface area contributed by atoms with Gasteiger partial charge in [-0.1, -0.05) is 48.5 Å². The summed E-state index contributed by atoms with van der Waals surface area (Å²) in [7, 11) is 1.65. The van der Waals surface area contributed by atoms with Gasteiger partial charge < -0.3 is 10.5 Å². The fourth-order valence-electron chi connectivity index (χ4n) is 1.72. The Morgan fingerprint density at radius 2 is 1.80 bits per heavy atom. The van der Waals surface area contributed by atoms with Crippen molar-refractivity contribution in [2.45, 2.75) is 6.54 Å². The van der Waals surface area contributed by atoms with Crippen LogP contribution in [0.3, 0.4) is 0 Å². The molecule has 2 aromatic rings. The average molecular weight is 266 g/mol. The van der Waals surface area contributed by atoms with Gasteiger partial charge in [-0.2, -0.15) is 0 Å². The summed E-state index contributed by atoms with van der Waals surface area (Å²) < 4.78 is 5.11. The van der Waals surface area contributed by atoms with Crippen LogP contribution in [0.4, 0.5) is 0 Å². The number of benzene rings is 2. The van der Waals surface area contributed by atoms with Crippen LogP contribution >= 0.6 is 0 Å². The molecule has 0 radical (unpaired) electrons. The van der Waals surface area contributed by atoms with Crippen molar-refractivity contribution in [3.8, 4) is 5.75 Å². The molecule has 2 rings (SSSR count). The van der Waals surface area contributed by atoms with E-state index in [-0.39, 0.29) is 0 Å². The van der Waals surface area contributed by atoms with E-state index in [9.17, 15) is 0 Å². The van der Waals surface area contributed by atoms with Crippen molar-refractivity contribution in [3.05, 3.63) is 71.8 Å². The molecule has 2 aromatic carbocycles. The smallest absolute Gasteiger partial charge is 0.118 e. The summed E-state index contributed by atoms with van der Waals surface area (Å²) >= 11 is 0. The van der Waals surface area contributed by atoms with Crippen LogP contribution < -0.4 is 10.5 Å². The van der Waals surface area contributed by atoms with E-state index in [0.717, 1.165) is 16.9 Å². The number of aliphatic imine (C=N–C) groups is 1. The van der Waals surface area contributed by atoms with Crippen LogP contribution in [0.1, 0.15) is 11.1 Å². The molecule has 0 heterocycles. The van der Waals surface area contributed by atoms with Gasteiger partial charge in [0.1, 0.15) is 11.6 Å². The van der Waals surface area contributed by atoms with Crippen LogP contribution in [-0.4, -0.2) is 12.9 Å². The van der Waals surface area contributed by atoms with Crippen molar-refractivity contribution < 1.29 is 4.74 Å². The molecular formula is C17H18N2O. The lowest BCUT2D eigenvalue weighted by molar-refractivity contribution is 0.415. The van der Waals surface area contributed by atoms with Crippen LogP contribution in [0.15, 0.2) is 65.7 Å². The normalized spacial score (nSPS) is 11.8. The van der Waals surface area contributed by atoms with Gasteiger partial charge in [-0.05, 0) is 29.3 Å². The molecular weight excluding hydrogens is 248 g/mol. The van der Waals surface area contributed by atoms with Crippen LogP contribution in [-0.2, 0) is 6.54 Å². The number of rotatable bonds is 5. The monoisotopic (exact) mass is 266 g/mol. The number of nitrogens with two attached hydrogens (primary N) is 1. The molecule has 0 aromatic heterocycles. The topological polar surface area (TPSA) is 47.6 Å². The highest BCUT2D eigenvalue weighted by molar-refractivity contribution is 5.95. The van der Waals surface area contributed by atoms with Crippen molar-refractivity contribution in [3.63, 3.8) is 0 Å². The van der Waals surface area contributed by atoms with Gasteiger partial charge in [-0.3, -0.25) is 4.99 Å². The second-order valence-electron chi connectivity index (χ2n) is 4.33. The molecule has 0 unspecified atom stereocenters. The molecule has 0 saturated heterocycles. The van der Waals surface area contributed by atoms with Gasteiger partial charge in [-0.25, -0.2) is 0 Å². The Morgan fingerprint density at radius 1 is 1.10 bits per heavy atom. The van der Waals surface area contributed by atoms with E-state index in [1.54, 1.807) is 7.11 Å². The predicted octanol–water partition coefficient (Wildman–Crippen LogP) is 3.27. The van der Waals surface area contributed by atoms with Crippen molar-refractivity contribution in [1.29, 1.82) is 0 Å². The molecule has 0 fully saturated rings. The first-order valence-electron chi connectivity index (χ1n) is 6.44. The summed E-state index contributed by atoms with van der Waals surface area (Å²) in [5.41, 5.74) is 8.07. The van der Waals surface area contributed by atoms with Gasteiger partial charge in [0.2, 0.25) is 0 Å². The molecule has 3 nitrogen and oxygen atoms in total. The van der Waals surface area contributed by atoms with Gasteiger partial charge in [0.25, 0.3) is 0 Å². The largest absolute Gasteiger partial charge is 0.497 e. The summed E-state index contributed by atoms with van der Waals surface area (Å²) in [5.74, 6) is 1.36. The Balaban J connectivity index is 1.95. The van der Waals surface area contributed by atoms with E-state index < -0.39 is 0 Å². The van der Waals surface area contributed by atoms with Crippen LogP contribution in [0.5, 0.6) is 5.75 Å². The predicted molar refractivity (Wildman–Crippen MR) is 83.8 cm³/mol. The quantitative estimate of drug-likeness (QED) is 0.667. The van der Waals surface area contributed by atoms with E-state index >= 15 is 0 Å². The molecule has 0 amide bonds. The minimum Gasteiger partial charge on any atom is -0.497 e. The van der Waals surface area contributed by atoms with Gasteiger partial charge in [-0.15, -0.1) is 0 Å². The number of methoxy groups -OCH3 is 1. The van der Waals surface area contributed by atoms with Crippen molar-refractivity contribution in [2.75, 3.05) is 7.11 Å². The summed E-state index contributed by atoms with van der Waals surface area (Å²) in [6.07, 6.45) is 3.74. The number of hydrogen-bond acceptors (Lipinski definition) is 2. The van der Waals surface area contributed by atoms with E-state index in [2.05, 4.69) is 4.99 Å². The van der Waals surface area contributed by atoms with E-state index in [1.807, 2.05) is 66.7 Å². The molecule has 20 heavy (non-hydrogen) atoms. The van der Waals surface area contributed by atoms with Gasteiger partial charge in [0, 0.05) is 0 Å². The standard InChI is InChI=1S/C17H18N2O/c1-20-16-10-7-14(8-11-16)9-12-17(18)19-13-15-5-3-2-4-6-15/h2-12H,13H2,1H3,(H2,18,19). The minimum atomic E-state index is 0.518. The highest BCUT2D eigenvalue weighted by Gasteiger charge is 1.92. The molecule has 0 aliphatic carbocycles. The second kappa shape index (κ2) is 7.14. The van der Waals surface area contributed by atoms with E-state index in [4.69, 9.17) is 10.5 Å². The summed E-state index contributed by atoms with van der Waals surface area (Å²) in [4.78, 5) is 4.33. The highest BCUT2D eigenvalue weighted by Crippen LogP contribution is 2.12. The molecule has 0 bridgehead atoms.